The number of carbonyl (C=O) groups is 2. The Morgan fingerprint density at radius 2 is 2.09 bits per heavy atom. The lowest BCUT2D eigenvalue weighted by molar-refractivity contribution is -0.144. The minimum absolute atomic E-state index is 0.156. The monoisotopic (exact) mass is 309 g/mol. The number of alkyl carbamates (subject to hydrolysis) is 1. The molecule has 0 aromatic rings. The third-order valence-electron chi connectivity index (χ3n) is 5.00. The second kappa shape index (κ2) is 7.16. The van der Waals surface area contributed by atoms with Crippen molar-refractivity contribution in [3.63, 3.8) is 0 Å². The fraction of sp³-hybridized carbons (Fsp3) is 0.765. The standard InChI is InChI=1S/C17H27NO4/c1-4-5-10-13-11-17(13,2)22-16(20)18-14(15(19)21-3)12-8-6-7-9-12/h4,12-14H,1,5-11H2,2-3H3,(H,18,20). The zero-order chi connectivity index (χ0) is 16.2. The van der Waals surface area contributed by atoms with Crippen LogP contribution in [-0.4, -0.2) is 30.8 Å². The highest BCUT2D eigenvalue weighted by molar-refractivity contribution is 5.81. The van der Waals surface area contributed by atoms with E-state index in [9.17, 15) is 9.59 Å². The summed E-state index contributed by atoms with van der Waals surface area (Å²) >= 11 is 0. The van der Waals surface area contributed by atoms with Gasteiger partial charge in [-0.25, -0.2) is 9.59 Å². The van der Waals surface area contributed by atoms with Crippen LogP contribution in [0.3, 0.4) is 0 Å². The number of esters is 1. The summed E-state index contributed by atoms with van der Waals surface area (Å²) in [7, 11) is 1.35. The zero-order valence-electron chi connectivity index (χ0n) is 13.6. The van der Waals surface area contributed by atoms with Crippen molar-refractivity contribution in [1.82, 2.24) is 5.32 Å². The van der Waals surface area contributed by atoms with Crippen molar-refractivity contribution in [1.29, 1.82) is 0 Å². The molecule has 3 atom stereocenters. The molecule has 124 valence electrons. The van der Waals surface area contributed by atoms with Crippen LogP contribution in [0, 0.1) is 11.8 Å². The van der Waals surface area contributed by atoms with E-state index < -0.39 is 17.7 Å². The first-order valence-electron chi connectivity index (χ1n) is 8.18. The summed E-state index contributed by atoms with van der Waals surface area (Å²) in [5.74, 6) is 0.163. The molecule has 0 heterocycles. The molecule has 5 nitrogen and oxygen atoms in total. The van der Waals surface area contributed by atoms with Gasteiger partial charge in [0.1, 0.15) is 11.6 Å². The summed E-state index contributed by atoms with van der Waals surface area (Å²) in [6.07, 6.45) is 8.23. The van der Waals surface area contributed by atoms with Crippen LogP contribution in [0.25, 0.3) is 0 Å². The summed E-state index contributed by atoms with van der Waals surface area (Å²) in [5.41, 5.74) is -0.399. The molecule has 1 amide bonds. The number of hydrogen-bond donors (Lipinski definition) is 1. The molecular weight excluding hydrogens is 282 g/mol. The van der Waals surface area contributed by atoms with E-state index in [4.69, 9.17) is 9.47 Å². The van der Waals surface area contributed by atoms with E-state index in [1.165, 1.54) is 7.11 Å². The minimum atomic E-state index is -0.589. The van der Waals surface area contributed by atoms with E-state index in [2.05, 4.69) is 11.9 Å². The number of amides is 1. The average Bonchev–Trinajstić information content (AvgIpc) is 2.92. The number of carbonyl (C=O) groups excluding carboxylic acids is 2. The van der Waals surface area contributed by atoms with Crippen LogP contribution in [0.5, 0.6) is 0 Å². The van der Waals surface area contributed by atoms with Crippen LogP contribution in [0.15, 0.2) is 12.7 Å². The minimum Gasteiger partial charge on any atom is -0.467 e. The van der Waals surface area contributed by atoms with E-state index in [0.717, 1.165) is 44.9 Å². The number of methoxy groups -OCH3 is 1. The summed E-state index contributed by atoms with van der Waals surface area (Å²) in [4.78, 5) is 24.1. The van der Waals surface area contributed by atoms with Gasteiger partial charge in [0.15, 0.2) is 0 Å². The van der Waals surface area contributed by atoms with Crippen LogP contribution >= 0.6 is 0 Å². The molecule has 2 rings (SSSR count). The van der Waals surface area contributed by atoms with Gasteiger partial charge in [0.2, 0.25) is 0 Å². The van der Waals surface area contributed by atoms with Gasteiger partial charge in [0.05, 0.1) is 7.11 Å². The maximum Gasteiger partial charge on any atom is 0.408 e. The summed E-state index contributed by atoms with van der Waals surface area (Å²) in [6, 6.07) is -0.589. The predicted octanol–water partition coefficient (Wildman–Crippen LogP) is 3.19. The highest BCUT2D eigenvalue weighted by Gasteiger charge is 2.53. The third-order valence-corrected chi connectivity index (χ3v) is 5.00. The normalized spacial score (nSPS) is 28.7. The molecular formula is C17H27NO4. The first-order chi connectivity index (χ1) is 10.5. The Morgan fingerprint density at radius 3 is 2.68 bits per heavy atom. The van der Waals surface area contributed by atoms with Crippen LogP contribution in [0.1, 0.15) is 51.9 Å². The van der Waals surface area contributed by atoms with Crippen molar-refractivity contribution in [2.75, 3.05) is 7.11 Å². The van der Waals surface area contributed by atoms with Crippen molar-refractivity contribution in [2.45, 2.75) is 63.5 Å². The van der Waals surface area contributed by atoms with Gasteiger partial charge in [0, 0.05) is 5.92 Å². The summed E-state index contributed by atoms with van der Waals surface area (Å²) in [5, 5.41) is 2.73. The summed E-state index contributed by atoms with van der Waals surface area (Å²) < 4.78 is 10.4. The maximum atomic E-state index is 12.1. The van der Waals surface area contributed by atoms with Gasteiger partial charge in [-0.2, -0.15) is 0 Å². The zero-order valence-corrected chi connectivity index (χ0v) is 13.6. The van der Waals surface area contributed by atoms with Crippen molar-refractivity contribution < 1.29 is 19.1 Å². The Labute approximate surface area is 132 Å². The highest BCUT2D eigenvalue weighted by Crippen LogP contribution is 2.49. The van der Waals surface area contributed by atoms with Gasteiger partial charge in [-0.3, -0.25) is 0 Å². The Hall–Kier alpha value is -1.52. The van der Waals surface area contributed by atoms with Crippen LogP contribution in [0.2, 0.25) is 0 Å². The van der Waals surface area contributed by atoms with E-state index >= 15 is 0 Å². The largest absolute Gasteiger partial charge is 0.467 e. The molecule has 2 fully saturated rings. The number of rotatable bonds is 7. The topological polar surface area (TPSA) is 64.6 Å². The number of nitrogens with one attached hydrogen (secondary N) is 1. The molecule has 1 N–H and O–H groups in total. The molecule has 22 heavy (non-hydrogen) atoms. The van der Waals surface area contributed by atoms with E-state index in [0.29, 0.717) is 5.92 Å². The lowest BCUT2D eigenvalue weighted by Crippen LogP contribution is -2.47. The lowest BCUT2D eigenvalue weighted by Gasteiger charge is -2.23. The number of ether oxygens (including phenoxy) is 2. The molecule has 0 bridgehead atoms. The van der Waals surface area contributed by atoms with Crippen molar-refractivity contribution in [2.24, 2.45) is 11.8 Å². The predicted molar refractivity (Wildman–Crippen MR) is 83.3 cm³/mol. The van der Waals surface area contributed by atoms with Gasteiger partial charge in [-0.05, 0) is 44.9 Å². The molecule has 0 aromatic heterocycles. The molecule has 5 heteroatoms. The first-order valence-corrected chi connectivity index (χ1v) is 8.18. The van der Waals surface area contributed by atoms with Crippen LogP contribution in [0.4, 0.5) is 4.79 Å². The Bertz CT molecular complexity index is 430. The molecule has 2 aliphatic carbocycles. The number of hydrogen-bond acceptors (Lipinski definition) is 4. The Kier molecular flexibility index (Phi) is 5.48. The Balaban J connectivity index is 1.86. The average molecular weight is 309 g/mol. The quantitative estimate of drug-likeness (QED) is 0.579. The lowest BCUT2D eigenvalue weighted by atomic mass is 9.98. The van der Waals surface area contributed by atoms with Gasteiger partial charge < -0.3 is 14.8 Å². The molecule has 0 spiro atoms. The molecule has 3 unspecified atom stereocenters. The highest BCUT2D eigenvalue weighted by atomic mass is 16.6. The second-order valence-corrected chi connectivity index (χ2v) is 6.66. The van der Waals surface area contributed by atoms with Crippen molar-refractivity contribution >= 4 is 12.1 Å². The third kappa shape index (κ3) is 4.02. The molecule has 0 saturated heterocycles. The summed E-state index contributed by atoms with van der Waals surface area (Å²) in [6.45, 7) is 5.66. The van der Waals surface area contributed by atoms with Crippen molar-refractivity contribution in [3.05, 3.63) is 12.7 Å². The van der Waals surface area contributed by atoms with Gasteiger partial charge in [0.25, 0.3) is 0 Å². The van der Waals surface area contributed by atoms with E-state index in [1.54, 1.807) is 0 Å². The van der Waals surface area contributed by atoms with Gasteiger partial charge in [-0.15, -0.1) is 6.58 Å². The Morgan fingerprint density at radius 1 is 1.41 bits per heavy atom. The van der Waals surface area contributed by atoms with Crippen molar-refractivity contribution in [3.8, 4) is 0 Å². The smallest absolute Gasteiger partial charge is 0.408 e. The number of allylic oxidation sites excluding steroid dienone is 1. The van der Waals surface area contributed by atoms with Gasteiger partial charge >= 0.3 is 12.1 Å². The molecule has 2 aliphatic rings. The van der Waals surface area contributed by atoms with Gasteiger partial charge in [-0.1, -0.05) is 18.9 Å². The van der Waals surface area contributed by atoms with Crippen LogP contribution in [-0.2, 0) is 14.3 Å². The maximum absolute atomic E-state index is 12.1. The van der Waals surface area contributed by atoms with E-state index in [1.807, 2.05) is 13.0 Å². The molecule has 0 aliphatic heterocycles. The van der Waals surface area contributed by atoms with E-state index in [-0.39, 0.29) is 11.9 Å². The first kappa shape index (κ1) is 16.8. The van der Waals surface area contributed by atoms with Crippen LogP contribution < -0.4 is 5.32 Å². The molecule has 0 aromatic carbocycles. The fourth-order valence-electron chi connectivity index (χ4n) is 3.44. The molecule has 0 radical (unpaired) electrons. The SMILES string of the molecule is C=CCCC1CC1(C)OC(=O)NC(C(=O)OC)C1CCCC1. The molecule has 2 saturated carbocycles. The second-order valence-electron chi connectivity index (χ2n) is 6.66. The fourth-order valence-corrected chi connectivity index (χ4v) is 3.44.